The van der Waals surface area contributed by atoms with E-state index in [1.54, 1.807) is 0 Å². The van der Waals surface area contributed by atoms with E-state index < -0.39 is 5.97 Å². The second-order valence-corrected chi connectivity index (χ2v) is 5.20. The van der Waals surface area contributed by atoms with Crippen LogP contribution in [0, 0.1) is 5.92 Å². The Hall–Kier alpha value is -2.08. The molecule has 1 amide bonds. The Bertz CT molecular complexity index is 537. The number of phenols is 1. The van der Waals surface area contributed by atoms with Gasteiger partial charge in [-0.05, 0) is 43.9 Å². The zero-order valence-corrected chi connectivity index (χ0v) is 11.8. The van der Waals surface area contributed by atoms with Gasteiger partial charge in [0.05, 0.1) is 17.4 Å². The Labute approximate surface area is 122 Å². The number of rotatable bonds is 6. The van der Waals surface area contributed by atoms with Crippen molar-refractivity contribution in [1.82, 2.24) is 0 Å². The fourth-order valence-corrected chi connectivity index (χ4v) is 2.49. The fourth-order valence-electron chi connectivity index (χ4n) is 2.49. The number of carboxylic acids is 1. The summed E-state index contributed by atoms with van der Waals surface area (Å²) >= 11 is 0. The molecule has 1 saturated carbocycles. The number of aromatic carboxylic acids is 1. The van der Waals surface area contributed by atoms with Gasteiger partial charge in [-0.1, -0.05) is 0 Å². The average Bonchev–Trinajstić information content (AvgIpc) is 2.38. The summed E-state index contributed by atoms with van der Waals surface area (Å²) in [6, 6.07) is 3.85. The third-order valence-corrected chi connectivity index (χ3v) is 3.58. The number of hydrogen-bond donors (Lipinski definition) is 3. The smallest absolute Gasteiger partial charge is 0.337 e. The van der Waals surface area contributed by atoms with Crippen molar-refractivity contribution in [2.75, 3.05) is 11.9 Å². The van der Waals surface area contributed by atoms with Gasteiger partial charge in [0.15, 0.2) is 0 Å². The van der Waals surface area contributed by atoms with Crippen LogP contribution in [0.1, 0.15) is 36.5 Å². The molecule has 0 bridgehead atoms. The molecule has 6 heteroatoms. The number of carboxylic acid groups (broad SMARTS) is 1. The summed E-state index contributed by atoms with van der Waals surface area (Å²) in [5.74, 6) is -1.28. The first-order valence-electron chi connectivity index (χ1n) is 6.97. The topological polar surface area (TPSA) is 95.9 Å². The van der Waals surface area contributed by atoms with Crippen LogP contribution in [-0.4, -0.2) is 34.8 Å². The van der Waals surface area contributed by atoms with E-state index in [1.807, 2.05) is 6.92 Å². The number of carbonyl (C=O) groups is 2. The van der Waals surface area contributed by atoms with E-state index in [1.165, 1.54) is 12.1 Å². The highest BCUT2D eigenvalue weighted by molar-refractivity contribution is 6.00. The zero-order valence-electron chi connectivity index (χ0n) is 11.8. The van der Waals surface area contributed by atoms with Gasteiger partial charge in [0, 0.05) is 13.0 Å². The lowest BCUT2D eigenvalue weighted by atomic mass is 9.80. The van der Waals surface area contributed by atoms with Crippen LogP contribution in [0.15, 0.2) is 18.2 Å². The van der Waals surface area contributed by atoms with Gasteiger partial charge < -0.3 is 20.3 Å². The Morgan fingerprint density at radius 2 is 2.10 bits per heavy atom. The SMILES string of the molecule is CCOC1CC(CC(=O)Nc2ccc(O)cc2C(=O)O)C1. The van der Waals surface area contributed by atoms with Crippen LogP contribution in [0.3, 0.4) is 0 Å². The van der Waals surface area contributed by atoms with Crippen molar-refractivity contribution in [2.24, 2.45) is 5.92 Å². The predicted molar refractivity (Wildman–Crippen MR) is 76.5 cm³/mol. The lowest BCUT2D eigenvalue weighted by molar-refractivity contribution is -0.119. The summed E-state index contributed by atoms with van der Waals surface area (Å²) in [5.41, 5.74) is 0.0788. The second-order valence-electron chi connectivity index (χ2n) is 5.20. The lowest BCUT2D eigenvalue weighted by Gasteiger charge is -2.34. The maximum absolute atomic E-state index is 11.9. The quantitative estimate of drug-likeness (QED) is 0.699. The standard InChI is InChI=1S/C15H19NO5/c1-2-21-11-5-9(6-11)7-14(18)16-13-4-3-10(17)8-12(13)15(19)20/h3-4,8-9,11,17H,2,5-7H2,1H3,(H,16,18)(H,19,20). The average molecular weight is 293 g/mol. The van der Waals surface area contributed by atoms with Crippen LogP contribution in [0.5, 0.6) is 5.75 Å². The van der Waals surface area contributed by atoms with Crippen molar-refractivity contribution in [3.05, 3.63) is 23.8 Å². The maximum Gasteiger partial charge on any atom is 0.337 e. The molecule has 1 fully saturated rings. The fraction of sp³-hybridized carbons (Fsp3) is 0.467. The molecular formula is C15H19NO5. The van der Waals surface area contributed by atoms with Crippen molar-refractivity contribution >= 4 is 17.6 Å². The number of anilines is 1. The molecule has 0 radical (unpaired) electrons. The summed E-state index contributed by atoms with van der Waals surface area (Å²) in [5, 5.41) is 21.0. The molecule has 1 aliphatic rings. The van der Waals surface area contributed by atoms with Gasteiger partial charge in [-0.3, -0.25) is 4.79 Å². The minimum atomic E-state index is -1.19. The molecule has 1 aliphatic carbocycles. The summed E-state index contributed by atoms with van der Waals surface area (Å²) in [4.78, 5) is 23.0. The molecule has 0 heterocycles. The number of amides is 1. The lowest BCUT2D eigenvalue weighted by Crippen LogP contribution is -2.34. The van der Waals surface area contributed by atoms with Gasteiger partial charge >= 0.3 is 5.97 Å². The monoisotopic (exact) mass is 293 g/mol. The first-order chi connectivity index (χ1) is 9.99. The van der Waals surface area contributed by atoms with Crippen molar-refractivity contribution in [3.63, 3.8) is 0 Å². The molecule has 0 unspecified atom stereocenters. The number of ether oxygens (including phenoxy) is 1. The Balaban J connectivity index is 1.90. The summed E-state index contributed by atoms with van der Waals surface area (Å²) in [6.07, 6.45) is 2.32. The second kappa shape index (κ2) is 6.58. The molecule has 2 rings (SSSR count). The van der Waals surface area contributed by atoms with Gasteiger partial charge in [0.1, 0.15) is 5.75 Å². The van der Waals surface area contributed by atoms with Crippen molar-refractivity contribution in [1.29, 1.82) is 0 Å². The Kier molecular flexibility index (Phi) is 4.80. The summed E-state index contributed by atoms with van der Waals surface area (Å²) < 4.78 is 5.43. The van der Waals surface area contributed by atoms with E-state index in [2.05, 4.69) is 5.32 Å². The van der Waals surface area contributed by atoms with Crippen LogP contribution in [-0.2, 0) is 9.53 Å². The first kappa shape index (κ1) is 15.3. The van der Waals surface area contributed by atoms with Gasteiger partial charge in [-0.15, -0.1) is 0 Å². The number of aromatic hydroxyl groups is 1. The normalized spacial score (nSPS) is 20.6. The van der Waals surface area contributed by atoms with Crippen LogP contribution in [0.2, 0.25) is 0 Å². The van der Waals surface area contributed by atoms with E-state index >= 15 is 0 Å². The molecule has 3 N–H and O–H groups in total. The minimum Gasteiger partial charge on any atom is -0.508 e. The first-order valence-corrected chi connectivity index (χ1v) is 6.97. The molecular weight excluding hydrogens is 274 g/mol. The zero-order chi connectivity index (χ0) is 15.4. The number of benzene rings is 1. The molecule has 1 aromatic rings. The van der Waals surface area contributed by atoms with Crippen molar-refractivity contribution in [2.45, 2.75) is 32.3 Å². The molecule has 0 aromatic heterocycles. The van der Waals surface area contributed by atoms with E-state index in [0.717, 1.165) is 18.9 Å². The van der Waals surface area contributed by atoms with Crippen LogP contribution in [0.4, 0.5) is 5.69 Å². The summed E-state index contributed by atoms with van der Waals surface area (Å²) in [6.45, 7) is 2.62. The molecule has 0 atom stereocenters. The van der Waals surface area contributed by atoms with Gasteiger partial charge in [-0.25, -0.2) is 4.79 Å². The van der Waals surface area contributed by atoms with E-state index in [9.17, 15) is 14.7 Å². The third-order valence-electron chi connectivity index (χ3n) is 3.58. The molecule has 0 saturated heterocycles. The molecule has 0 spiro atoms. The molecule has 21 heavy (non-hydrogen) atoms. The number of nitrogens with one attached hydrogen (secondary N) is 1. The van der Waals surface area contributed by atoms with E-state index in [-0.39, 0.29) is 34.9 Å². The highest BCUT2D eigenvalue weighted by Gasteiger charge is 2.31. The highest BCUT2D eigenvalue weighted by atomic mass is 16.5. The van der Waals surface area contributed by atoms with Crippen LogP contribution in [0.25, 0.3) is 0 Å². The minimum absolute atomic E-state index is 0.121. The van der Waals surface area contributed by atoms with Crippen molar-refractivity contribution < 1.29 is 24.5 Å². The van der Waals surface area contributed by atoms with E-state index in [4.69, 9.17) is 9.84 Å². The molecule has 6 nitrogen and oxygen atoms in total. The van der Waals surface area contributed by atoms with E-state index in [0.29, 0.717) is 13.0 Å². The van der Waals surface area contributed by atoms with Crippen LogP contribution >= 0.6 is 0 Å². The number of carbonyl (C=O) groups excluding carboxylic acids is 1. The Morgan fingerprint density at radius 3 is 2.71 bits per heavy atom. The summed E-state index contributed by atoms with van der Waals surface area (Å²) in [7, 11) is 0. The van der Waals surface area contributed by atoms with Gasteiger partial charge in [0.2, 0.25) is 5.91 Å². The van der Waals surface area contributed by atoms with Crippen molar-refractivity contribution in [3.8, 4) is 5.75 Å². The largest absolute Gasteiger partial charge is 0.508 e. The molecule has 0 aliphatic heterocycles. The maximum atomic E-state index is 11.9. The third kappa shape index (κ3) is 3.95. The van der Waals surface area contributed by atoms with Crippen LogP contribution < -0.4 is 5.32 Å². The van der Waals surface area contributed by atoms with Gasteiger partial charge in [0.25, 0.3) is 0 Å². The molecule has 1 aromatic carbocycles. The Morgan fingerprint density at radius 1 is 1.38 bits per heavy atom. The number of hydrogen-bond acceptors (Lipinski definition) is 4. The highest BCUT2D eigenvalue weighted by Crippen LogP contribution is 2.33. The van der Waals surface area contributed by atoms with Gasteiger partial charge in [-0.2, -0.15) is 0 Å². The predicted octanol–water partition coefficient (Wildman–Crippen LogP) is 2.23. The number of phenolic OH excluding ortho intramolecular Hbond substituents is 1. The molecule has 114 valence electrons.